The van der Waals surface area contributed by atoms with E-state index in [9.17, 15) is 9.50 Å². The molecular formula is C24H26ClFN6O. The van der Waals surface area contributed by atoms with Crippen LogP contribution in [-0.2, 0) is 7.05 Å². The highest BCUT2D eigenvalue weighted by Crippen LogP contribution is 2.38. The molecule has 0 amide bonds. The lowest BCUT2D eigenvalue weighted by Gasteiger charge is -2.26. The van der Waals surface area contributed by atoms with Gasteiger partial charge in [0.2, 0.25) is 0 Å². The van der Waals surface area contributed by atoms with E-state index in [0.29, 0.717) is 33.2 Å². The van der Waals surface area contributed by atoms with E-state index < -0.39 is 11.6 Å². The minimum Gasteiger partial charge on any atom is -0.504 e. The Morgan fingerprint density at radius 3 is 2.79 bits per heavy atom. The molecule has 172 valence electrons. The van der Waals surface area contributed by atoms with Crippen LogP contribution in [0.2, 0.25) is 5.02 Å². The van der Waals surface area contributed by atoms with Crippen molar-refractivity contribution in [2.45, 2.75) is 38.8 Å². The summed E-state index contributed by atoms with van der Waals surface area (Å²) in [6.45, 7) is 8.35. The van der Waals surface area contributed by atoms with Crippen molar-refractivity contribution in [3.05, 3.63) is 41.4 Å². The molecule has 33 heavy (non-hydrogen) atoms. The van der Waals surface area contributed by atoms with E-state index in [1.807, 2.05) is 6.07 Å². The van der Waals surface area contributed by atoms with Gasteiger partial charge in [0.25, 0.3) is 0 Å². The summed E-state index contributed by atoms with van der Waals surface area (Å²) in [6, 6.07) is 5.70. The molecule has 4 aromatic rings. The van der Waals surface area contributed by atoms with Crippen LogP contribution in [-0.4, -0.2) is 49.5 Å². The van der Waals surface area contributed by atoms with Gasteiger partial charge in [-0.25, -0.2) is 14.4 Å². The first-order valence-electron chi connectivity index (χ1n) is 10.9. The van der Waals surface area contributed by atoms with E-state index in [2.05, 4.69) is 46.1 Å². The van der Waals surface area contributed by atoms with Gasteiger partial charge in [-0.3, -0.25) is 4.68 Å². The molecule has 4 heterocycles. The summed E-state index contributed by atoms with van der Waals surface area (Å²) >= 11 is 6.62. The van der Waals surface area contributed by atoms with Gasteiger partial charge in [0, 0.05) is 54.3 Å². The van der Waals surface area contributed by atoms with Crippen LogP contribution in [0.1, 0.15) is 27.2 Å². The summed E-state index contributed by atoms with van der Waals surface area (Å²) in [5.74, 6) is -1.29. The van der Waals surface area contributed by atoms with E-state index in [4.69, 9.17) is 11.6 Å². The molecule has 1 aromatic carbocycles. The molecule has 0 aliphatic carbocycles. The number of anilines is 1. The number of aromatic nitrogens is 4. The number of phenolic OH excluding ortho intramolecular Hbond substituents is 1. The van der Waals surface area contributed by atoms with Crippen molar-refractivity contribution in [3.63, 3.8) is 0 Å². The van der Waals surface area contributed by atoms with Crippen LogP contribution in [0.15, 0.2) is 30.6 Å². The zero-order chi connectivity index (χ0) is 23.5. The fourth-order valence-electron chi connectivity index (χ4n) is 4.52. The number of halogens is 2. The quantitative estimate of drug-likeness (QED) is 0.455. The Bertz CT molecular complexity index is 1380. The molecule has 0 bridgehead atoms. The van der Waals surface area contributed by atoms with Crippen molar-refractivity contribution in [3.8, 4) is 17.0 Å². The standard InChI is InChI=1S/C24H26ClFN6O/c1-24(2,3)29-14-5-6-32(12-14)15-8-16-18(25)9-19(28-23(16)27-10-15)17-7-13-11-31(4)30-21(13)20(26)22(17)33/h7-11,14,29,33H,5-6,12H2,1-4H3/t14-/m1/s1. The zero-order valence-corrected chi connectivity index (χ0v) is 19.8. The van der Waals surface area contributed by atoms with Gasteiger partial charge in [-0.2, -0.15) is 5.10 Å². The predicted octanol–water partition coefficient (Wildman–Crippen LogP) is 4.65. The maximum absolute atomic E-state index is 14.7. The normalized spacial score (nSPS) is 16.9. The van der Waals surface area contributed by atoms with Crippen molar-refractivity contribution in [2.24, 2.45) is 7.05 Å². The van der Waals surface area contributed by atoms with Gasteiger partial charge in [0.15, 0.2) is 17.2 Å². The third kappa shape index (κ3) is 4.09. The maximum atomic E-state index is 14.7. The van der Waals surface area contributed by atoms with Crippen LogP contribution in [0.25, 0.3) is 33.2 Å². The average molecular weight is 469 g/mol. The lowest BCUT2D eigenvalue weighted by Crippen LogP contribution is -2.44. The van der Waals surface area contributed by atoms with E-state index in [1.54, 1.807) is 31.6 Å². The van der Waals surface area contributed by atoms with Crippen molar-refractivity contribution in [1.82, 2.24) is 25.1 Å². The number of aromatic hydroxyl groups is 1. The first-order chi connectivity index (χ1) is 15.6. The van der Waals surface area contributed by atoms with Gasteiger partial charge in [-0.05, 0) is 45.4 Å². The van der Waals surface area contributed by atoms with Gasteiger partial charge in [0.05, 0.1) is 22.6 Å². The molecule has 0 saturated carbocycles. The van der Waals surface area contributed by atoms with Gasteiger partial charge in [0.1, 0.15) is 5.52 Å². The predicted molar refractivity (Wildman–Crippen MR) is 129 cm³/mol. The number of pyridine rings is 2. The largest absolute Gasteiger partial charge is 0.504 e. The van der Waals surface area contributed by atoms with Crippen LogP contribution in [0.3, 0.4) is 0 Å². The molecule has 0 unspecified atom stereocenters. The first kappa shape index (κ1) is 21.9. The van der Waals surface area contributed by atoms with Gasteiger partial charge >= 0.3 is 0 Å². The number of nitrogens with zero attached hydrogens (tertiary/aromatic N) is 5. The molecule has 1 saturated heterocycles. The minimum absolute atomic E-state index is 0.0653. The van der Waals surface area contributed by atoms with Crippen molar-refractivity contribution in [1.29, 1.82) is 0 Å². The first-order valence-corrected chi connectivity index (χ1v) is 11.3. The molecule has 1 aliphatic heterocycles. The van der Waals surface area contributed by atoms with Crippen molar-refractivity contribution >= 4 is 39.2 Å². The molecule has 1 atom stereocenters. The number of nitrogens with one attached hydrogen (secondary N) is 1. The second-order valence-electron chi connectivity index (χ2n) is 9.71. The molecule has 7 nitrogen and oxygen atoms in total. The molecule has 3 aromatic heterocycles. The monoisotopic (exact) mass is 468 g/mol. The van der Waals surface area contributed by atoms with E-state index in [1.165, 1.54) is 4.68 Å². The summed E-state index contributed by atoms with van der Waals surface area (Å²) in [6.07, 6.45) is 4.54. The molecule has 9 heteroatoms. The smallest absolute Gasteiger partial charge is 0.193 e. The summed E-state index contributed by atoms with van der Waals surface area (Å²) in [5.41, 5.74) is 2.20. The Morgan fingerprint density at radius 2 is 2.03 bits per heavy atom. The lowest BCUT2D eigenvalue weighted by atomic mass is 10.1. The Hall–Kier alpha value is -2.97. The van der Waals surface area contributed by atoms with E-state index in [0.717, 1.165) is 25.2 Å². The van der Waals surface area contributed by atoms with Crippen LogP contribution in [0.4, 0.5) is 10.1 Å². The average Bonchev–Trinajstić information content (AvgIpc) is 3.35. The number of benzene rings is 1. The zero-order valence-electron chi connectivity index (χ0n) is 19.0. The summed E-state index contributed by atoms with van der Waals surface area (Å²) in [5, 5.41) is 19.9. The Morgan fingerprint density at radius 1 is 1.24 bits per heavy atom. The summed E-state index contributed by atoms with van der Waals surface area (Å²) in [7, 11) is 1.70. The van der Waals surface area contributed by atoms with Crippen LogP contribution in [0, 0.1) is 5.82 Å². The molecule has 1 aliphatic rings. The maximum Gasteiger partial charge on any atom is 0.193 e. The highest BCUT2D eigenvalue weighted by molar-refractivity contribution is 6.35. The third-order valence-corrected chi connectivity index (χ3v) is 6.21. The van der Waals surface area contributed by atoms with Gasteiger partial charge < -0.3 is 15.3 Å². The van der Waals surface area contributed by atoms with Crippen LogP contribution in [0.5, 0.6) is 5.75 Å². The summed E-state index contributed by atoms with van der Waals surface area (Å²) < 4.78 is 16.2. The lowest BCUT2D eigenvalue weighted by molar-refractivity contribution is 0.373. The van der Waals surface area contributed by atoms with Crippen molar-refractivity contribution in [2.75, 3.05) is 18.0 Å². The Kier molecular flexibility index (Phi) is 5.17. The summed E-state index contributed by atoms with van der Waals surface area (Å²) in [4.78, 5) is 11.4. The number of phenols is 1. The molecule has 5 rings (SSSR count). The van der Waals surface area contributed by atoms with Crippen molar-refractivity contribution < 1.29 is 9.50 Å². The van der Waals surface area contributed by atoms with Crippen LogP contribution < -0.4 is 10.2 Å². The molecule has 0 radical (unpaired) electrons. The van der Waals surface area contributed by atoms with E-state index >= 15 is 0 Å². The number of hydrogen-bond donors (Lipinski definition) is 2. The second kappa shape index (κ2) is 7.81. The second-order valence-corrected chi connectivity index (χ2v) is 10.1. The highest BCUT2D eigenvalue weighted by atomic mass is 35.5. The van der Waals surface area contributed by atoms with Gasteiger partial charge in [-0.1, -0.05) is 11.6 Å². The SMILES string of the molecule is Cn1cc2cc(-c3cc(Cl)c4cc(N5CC[C@@H](NC(C)(C)C)C5)cnc4n3)c(O)c(F)c2n1. The van der Waals surface area contributed by atoms with Gasteiger partial charge in [-0.15, -0.1) is 0 Å². The molecule has 1 fully saturated rings. The minimum atomic E-state index is -0.781. The number of hydrogen-bond acceptors (Lipinski definition) is 6. The fraction of sp³-hybridized carbons (Fsp3) is 0.375. The highest BCUT2D eigenvalue weighted by Gasteiger charge is 2.26. The van der Waals surface area contributed by atoms with E-state index in [-0.39, 0.29) is 16.6 Å². The molecular weight excluding hydrogens is 443 g/mol. The number of rotatable bonds is 3. The topological polar surface area (TPSA) is 79.1 Å². The molecule has 2 N–H and O–H groups in total. The fourth-order valence-corrected chi connectivity index (χ4v) is 4.77. The van der Waals surface area contributed by atoms with Crippen LogP contribution >= 0.6 is 11.6 Å². The molecule has 0 spiro atoms. The Balaban J connectivity index is 1.50. The number of fused-ring (bicyclic) bond motifs is 2. The Labute approximate surface area is 196 Å². The third-order valence-electron chi connectivity index (χ3n) is 5.89. The number of aryl methyl sites for hydroxylation is 1.